The first-order valence-electron chi connectivity index (χ1n) is 11.4. The van der Waals surface area contributed by atoms with Crippen LogP contribution >= 0.6 is 7.14 Å². The molecule has 8 heteroatoms. The standard InChI is InChI=1S/C26H27N4O3P/c1-16-5-8-23-21(13-16)28-25(33-23)17-9-11-30(12-10-17)24-19-7-6-18(34(3,4)32)14-22(19)29(2)26(31)20(24)15-27/h5-8,13-14,17H,9-12H2,1-4H3. The van der Waals surface area contributed by atoms with Crippen molar-refractivity contribution in [3.8, 4) is 6.07 Å². The van der Waals surface area contributed by atoms with Crippen molar-refractivity contribution in [2.45, 2.75) is 25.7 Å². The Morgan fingerprint density at radius 3 is 2.56 bits per heavy atom. The van der Waals surface area contributed by atoms with Crippen LogP contribution in [-0.4, -0.2) is 36.0 Å². The minimum absolute atomic E-state index is 0.148. The molecule has 1 saturated heterocycles. The lowest BCUT2D eigenvalue weighted by molar-refractivity contribution is 0.407. The summed E-state index contributed by atoms with van der Waals surface area (Å²) in [4.78, 5) is 19.9. The second-order valence-corrected chi connectivity index (χ2v) is 12.8. The van der Waals surface area contributed by atoms with Crippen LogP contribution in [0.1, 0.15) is 35.8 Å². The molecule has 34 heavy (non-hydrogen) atoms. The van der Waals surface area contributed by atoms with Crippen LogP contribution in [-0.2, 0) is 11.6 Å². The number of pyridine rings is 1. The molecule has 2 aromatic heterocycles. The van der Waals surface area contributed by atoms with Gasteiger partial charge in [0.15, 0.2) is 11.5 Å². The quantitative estimate of drug-likeness (QED) is 0.406. The predicted octanol–water partition coefficient (Wildman–Crippen LogP) is 4.49. The number of piperidine rings is 1. The number of aryl methyl sites for hydroxylation is 2. The zero-order valence-electron chi connectivity index (χ0n) is 19.8. The lowest BCUT2D eigenvalue weighted by atomic mass is 9.95. The first-order chi connectivity index (χ1) is 16.2. The smallest absolute Gasteiger partial charge is 0.270 e. The SMILES string of the molecule is Cc1ccc2oc(C3CCN(c4c(C#N)c(=O)n(C)c5cc(P(C)(C)=O)ccc45)CC3)nc2c1. The molecule has 0 radical (unpaired) electrons. The topological polar surface area (TPSA) is 92.1 Å². The molecule has 1 aliphatic heterocycles. The number of rotatable bonds is 3. The first kappa shape index (κ1) is 22.4. The van der Waals surface area contributed by atoms with Crippen molar-refractivity contribution in [2.75, 3.05) is 31.3 Å². The van der Waals surface area contributed by atoms with E-state index in [9.17, 15) is 14.6 Å². The molecule has 174 valence electrons. The van der Waals surface area contributed by atoms with E-state index >= 15 is 0 Å². The molecule has 0 saturated carbocycles. The Kier molecular flexibility index (Phi) is 5.37. The van der Waals surface area contributed by atoms with Crippen molar-refractivity contribution in [3.63, 3.8) is 0 Å². The number of hydrogen-bond acceptors (Lipinski definition) is 6. The van der Waals surface area contributed by atoms with Gasteiger partial charge in [0.05, 0.1) is 11.2 Å². The third kappa shape index (κ3) is 3.73. The van der Waals surface area contributed by atoms with E-state index in [1.807, 2.05) is 43.3 Å². The first-order valence-corrected chi connectivity index (χ1v) is 14.0. The van der Waals surface area contributed by atoms with Crippen LogP contribution in [0.2, 0.25) is 0 Å². The Hall–Kier alpha value is -3.36. The Morgan fingerprint density at radius 2 is 1.88 bits per heavy atom. The normalized spacial score (nSPS) is 15.2. The van der Waals surface area contributed by atoms with Crippen molar-refractivity contribution >= 4 is 40.1 Å². The van der Waals surface area contributed by atoms with Gasteiger partial charge < -0.3 is 18.4 Å². The highest BCUT2D eigenvalue weighted by Crippen LogP contribution is 2.38. The minimum atomic E-state index is -2.49. The number of oxazole rings is 1. The summed E-state index contributed by atoms with van der Waals surface area (Å²) < 4.78 is 20.2. The minimum Gasteiger partial charge on any atom is -0.440 e. The predicted molar refractivity (Wildman–Crippen MR) is 136 cm³/mol. The molecular weight excluding hydrogens is 447 g/mol. The summed E-state index contributed by atoms with van der Waals surface area (Å²) in [6.07, 6.45) is 1.62. The van der Waals surface area contributed by atoms with Crippen molar-refractivity contribution in [2.24, 2.45) is 7.05 Å². The van der Waals surface area contributed by atoms with E-state index in [0.29, 0.717) is 24.3 Å². The van der Waals surface area contributed by atoms with Gasteiger partial charge in [0.2, 0.25) is 0 Å². The maximum absolute atomic E-state index is 13.1. The van der Waals surface area contributed by atoms with Gasteiger partial charge >= 0.3 is 0 Å². The Balaban J connectivity index is 1.52. The van der Waals surface area contributed by atoms with E-state index < -0.39 is 7.14 Å². The summed E-state index contributed by atoms with van der Waals surface area (Å²) >= 11 is 0. The summed E-state index contributed by atoms with van der Waals surface area (Å²) in [5.74, 6) is 0.936. The molecule has 7 nitrogen and oxygen atoms in total. The van der Waals surface area contributed by atoms with Gasteiger partial charge in [0.1, 0.15) is 24.3 Å². The summed E-state index contributed by atoms with van der Waals surface area (Å²) in [5.41, 5.74) is 4.00. The second-order valence-electron chi connectivity index (χ2n) is 9.54. The third-order valence-corrected chi connectivity index (χ3v) is 8.33. The van der Waals surface area contributed by atoms with Crippen molar-refractivity contribution in [1.82, 2.24) is 9.55 Å². The highest BCUT2D eigenvalue weighted by molar-refractivity contribution is 7.70. The lowest BCUT2D eigenvalue weighted by Gasteiger charge is -2.33. The van der Waals surface area contributed by atoms with Gasteiger partial charge in [0.25, 0.3) is 5.56 Å². The third-order valence-electron chi connectivity index (χ3n) is 6.81. The van der Waals surface area contributed by atoms with Gasteiger partial charge in [-0.2, -0.15) is 5.26 Å². The van der Waals surface area contributed by atoms with Crippen LogP contribution in [0.15, 0.2) is 45.6 Å². The maximum atomic E-state index is 13.1. The largest absolute Gasteiger partial charge is 0.440 e. The van der Waals surface area contributed by atoms with Crippen LogP contribution in [0, 0.1) is 18.3 Å². The summed E-state index contributed by atoms with van der Waals surface area (Å²) in [5, 5.41) is 11.4. The van der Waals surface area contributed by atoms with E-state index in [1.54, 1.807) is 20.4 Å². The fourth-order valence-electron chi connectivity index (χ4n) is 4.85. The molecule has 0 aliphatic carbocycles. The number of benzene rings is 2. The summed E-state index contributed by atoms with van der Waals surface area (Å²) in [6, 6.07) is 13.7. The monoisotopic (exact) mass is 474 g/mol. The van der Waals surface area contributed by atoms with Crippen LogP contribution in [0.3, 0.4) is 0 Å². The highest BCUT2D eigenvalue weighted by atomic mass is 31.2. The zero-order valence-corrected chi connectivity index (χ0v) is 20.7. The van der Waals surface area contributed by atoms with Gasteiger partial charge in [-0.25, -0.2) is 4.98 Å². The van der Waals surface area contributed by atoms with Crippen LogP contribution in [0.25, 0.3) is 22.0 Å². The fraction of sp³-hybridized carbons (Fsp3) is 0.346. The zero-order chi connectivity index (χ0) is 24.2. The molecule has 4 aromatic rings. The molecule has 1 aliphatic rings. The van der Waals surface area contributed by atoms with Crippen LogP contribution < -0.4 is 15.8 Å². The van der Waals surface area contributed by atoms with Crippen LogP contribution in [0.4, 0.5) is 5.69 Å². The number of fused-ring (bicyclic) bond motifs is 2. The Bertz CT molecular complexity index is 1580. The van der Waals surface area contributed by atoms with Gasteiger partial charge in [-0.15, -0.1) is 0 Å². The average molecular weight is 475 g/mol. The molecule has 1 fully saturated rings. The molecular formula is C26H27N4O3P. The number of nitriles is 1. The molecule has 0 spiro atoms. The lowest BCUT2D eigenvalue weighted by Crippen LogP contribution is -2.36. The van der Waals surface area contributed by atoms with Gasteiger partial charge in [-0.05, 0) is 62.9 Å². The summed E-state index contributed by atoms with van der Waals surface area (Å²) in [7, 11) is -0.830. The number of anilines is 1. The van der Waals surface area contributed by atoms with Gasteiger partial charge in [-0.3, -0.25) is 4.79 Å². The Labute approximate surface area is 198 Å². The fourth-order valence-corrected chi connectivity index (χ4v) is 5.72. The summed E-state index contributed by atoms with van der Waals surface area (Å²) in [6.45, 7) is 6.84. The van der Waals surface area contributed by atoms with E-state index in [1.165, 1.54) is 4.57 Å². The van der Waals surface area contributed by atoms with Crippen molar-refractivity contribution in [3.05, 3.63) is 63.8 Å². The van der Waals surface area contributed by atoms with Crippen molar-refractivity contribution < 1.29 is 8.98 Å². The van der Waals surface area contributed by atoms with E-state index in [-0.39, 0.29) is 17.0 Å². The van der Waals surface area contributed by atoms with Crippen LogP contribution in [0.5, 0.6) is 0 Å². The molecule has 3 heterocycles. The average Bonchev–Trinajstić information content (AvgIpc) is 3.23. The van der Waals surface area contributed by atoms with E-state index in [2.05, 4.69) is 11.0 Å². The van der Waals surface area contributed by atoms with Gasteiger partial charge in [0, 0.05) is 36.7 Å². The van der Waals surface area contributed by atoms with E-state index in [0.717, 1.165) is 46.1 Å². The number of hydrogen-bond donors (Lipinski definition) is 0. The number of nitrogens with zero attached hydrogens (tertiary/aromatic N) is 4. The second kappa shape index (κ2) is 8.14. The van der Waals surface area contributed by atoms with Crippen molar-refractivity contribution in [1.29, 1.82) is 5.26 Å². The van der Waals surface area contributed by atoms with E-state index in [4.69, 9.17) is 9.40 Å². The molecule has 0 amide bonds. The molecule has 0 unspecified atom stereocenters. The molecule has 0 atom stereocenters. The molecule has 2 aromatic carbocycles. The maximum Gasteiger partial charge on any atom is 0.270 e. The highest BCUT2D eigenvalue weighted by Gasteiger charge is 2.29. The number of aromatic nitrogens is 2. The molecule has 0 bridgehead atoms. The molecule has 5 rings (SSSR count). The van der Waals surface area contributed by atoms with Gasteiger partial charge in [-0.1, -0.05) is 12.1 Å². The molecule has 0 N–H and O–H groups in total. The Morgan fingerprint density at radius 1 is 1.15 bits per heavy atom.